The number of nitrogens with two attached hydrogens (primary N) is 1. The van der Waals surface area contributed by atoms with Crippen LogP contribution in [0.15, 0.2) is 48.5 Å². The molecule has 3 aliphatic rings. The lowest BCUT2D eigenvalue weighted by atomic mass is 9.84. The second kappa shape index (κ2) is 10.8. The van der Waals surface area contributed by atoms with Crippen LogP contribution in [0.25, 0.3) is 12.2 Å². The van der Waals surface area contributed by atoms with Crippen molar-refractivity contribution in [2.75, 3.05) is 13.1 Å². The van der Waals surface area contributed by atoms with E-state index in [4.69, 9.17) is 5.73 Å². The summed E-state index contributed by atoms with van der Waals surface area (Å²) < 4.78 is 0. The quantitative estimate of drug-likeness (QED) is 0.641. The molecule has 0 aromatic heterocycles. The molecular formula is C30H37N3O2. The predicted octanol–water partition coefficient (Wildman–Crippen LogP) is 4.71. The van der Waals surface area contributed by atoms with Gasteiger partial charge in [-0.1, -0.05) is 60.7 Å². The van der Waals surface area contributed by atoms with Gasteiger partial charge < -0.3 is 16.0 Å². The number of nitrogens with zero attached hydrogens (tertiary/aromatic N) is 1. The number of benzene rings is 2. The molecule has 184 valence electrons. The molecule has 1 heterocycles. The SMILES string of the molecule is NC1CCC(CNC(=O)[C@@H]2CCCN2C(=O)CCC2c3ccccc3C=Cc3ccccc32)CC1. The summed E-state index contributed by atoms with van der Waals surface area (Å²) in [5.74, 6) is 0.778. The number of amides is 2. The zero-order valence-electron chi connectivity index (χ0n) is 20.5. The number of carbonyl (C=O) groups excluding carboxylic acids is 2. The monoisotopic (exact) mass is 471 g/mol. The molecule has 1 atom stereocenters. The molecule has 5 rings (SSSR count). The normalized spacial score (nSPS) is 23.9. The Balaban J connectivity index is 1.23. The summed E-state index contributed by atoms with van der Waals surface area (Å²) in [4.78, 5) is 28.2. The van der Waals surface area contributed by atoms with Gasteiger partial charge in [-0.05, 0) is 73.1 Å². The minimum Gasteiger partial charge on any atom is -0.354 e. The summed E-state index contributed by atoms with van der Waals surface area (Å²) in [7, 11) is 0. The van der Waals surface area contributed by atoms with Crippen molar-refractivity contribution in [3.8, 4) is 0 Å². The first kappa shape index (κ1) is 23.8. The Morgan fingerprint density at radius 1 is 0.886 bits per heavy atom. The van der Waals surface area contributed by atoms with Crippen LogP contribution in [0.5, 0.6) is 0 Å². The summed E-state index contributed by atoms with van der Waals surface area (Å²) in [5, 5.41) is 3.15. The highest BCUT2D eigenvalue weighted by Gasteiger charge is 2.34. The van der Waals surface area contributed by atoms with E-state index in [2.05, 4.69) is 66.0 Å². The van der Waals surface area contributed by atoms with Gasteiger partial charge in [0.05, 0.1) is 0 Å². The van der Waals surface area contributed by atoms with Crippen molar-refractivity contribution in [3.05, 3.63) is 70.8 Å². The van der Waals surface area contributed by atoms with Crippen molar-refractivity contribution >= 4 is 24.0 Å². The van der Waals surface area contributed by atoms with Crippen LogP contribution in [0, 0.1) is 5.92 Å². The smallest absolute Gasteiger partial charge is 0.242 e. The Kier molecular flexibility index (Phi) is 7.33. The average Bonchev–Trinajstić information content (AvgIpc) is 3.32. The zero-order chi connectivity index (χ0) is 24.2. The molecule has 1 aliphatic heterocycles. The fraction of sp³-hybridized carbons (Fsp3) is 0.467. The van der Waals surface area contributed by atoms with E-state index in [9.17, 15) is 9.59 Å². The van der Waals surface area contributed by atoms with Crippen LogP contribution in [0.1, 0.15) is 79.5 Å². The van der Waals surface area contributed by atoms with Crippen molar-refractivity contribution in [2.45, 2.75) is 69.4 Å². The maximum atomic E-state index is 13.4. The summed E-state index contributed by atoms with van der Waals surface area (Å²) in [6.07, 6.45) is 11.4. The molecule has 0 radical (unpaired) electrons. The van der Waals surface area contributed by atoms with Crippen molar-refractivity contribution in [1.29, 1.82) is 0 Å². The molecule has 0 bridgehead atoms. The Labute approximate surface area is 208 Å². The number of likely N-dealkylation sites (tertiary alicyclic amines) is 1. The van der Waals surface area contributed by atoms with Crippen molar-refractivity contribution in [1.82, 2.24) is 10.2 Å². The van der Waals surface area contributed by atoms with Gasteiger partial charge in [0.15, 0.2) is 0 Å². The van der Waals surface area contributed by atoms with E-state index >= 15 is 0 Å². The Hall–Kier alpha value is -2.92. The first-order chi connectivity index (χ1) is 17.1. The van der Waals surface area contributed by atoms with E-state index in [-0.39, 0.29) is 23.8 Å². The van der Waals surface area contributed by atoms with Gasteiger partial charge in [0.2, 0.25) is 11.8 Å². The third kappa shape index (κ3) is 5.35. The molecule has 2 fully saturated rings. The number of fused-ring (bicyclic) bond motifs is 2. The van der Waals surface area contributed by atoms with Gasteiger partial charge in [-0.25, -0.2) is 0 Å². The molecular weight excluding hydrogens is 434 g/mol. The van der Waals surface area contributed by atoms with Gasteiger partial charge in [0, 0.05) is 31.5 Å². The molecule has 2 amide bonds. The second-order valence-corrected chi connectivity index (χ2v) is 10.5. The standard InChI is InChI=1S/C30H37N3O2/c31-24-15-11-21(12-16-24)20-32-30(35)28-10-5-19-33(28)29(34)18-17-27-25-8-3-1-6-22(25)13-14-23-7-2-4-9-26(23)27/h1-4,6-9,13-14,21,24,27-28H,5,10-12,15-20,31H2,(H,32,35)/t21?,24?,28-/m0/s1. The minimum absolute atomic E-state index is 0.0140. The molecule has 1 saturated heterocycles. The van der Waals surface area contributed by atoms with Crippen LogP contribution in [0.4, 0.5) is 0 Å². The van der Waals surface area contributed by atoms with Crippen LogP contribution in [0.2, 0.25) is 0 Å². The molecule has 3 N–H and O–H groups in total. The van der Waals surface area contributed by atoms with E-state index in [1.165, 1.54) is 22.3 Å². The van der Waals surface area contributed by atoms with Crippen LogP contribution in [0.3, 0.4) is 0 Å². The summed E-state index contributed by atoms with van der Waals surface area (Å²) in [6.45, 7) is 1.38. The molecule has 2 aliphatic carbocycles. The number of carbonyl (C=O) groups is 2. The van der Waals surface area contributed by atoms with E-state index in [0.29, 0.717) is 31.5 Å². The summed E-state index contributed by atoms with van der Waals surface area (Å²) in [5.41, 5.74) is 11.0. The molecule has 2 aromatic carbocycles. The molecule has 2 aromatic rings. The van der Waals surface area contributed by atoms with Gasteiger partial charge in [0.1, 0.15) is 6.04 Å². The molecule has 0 spiro atoms. The highest BCUT2D eigenvalue weighted by molar-refractivity contribution is 5.88. The average molecular weight is 472 g/mol. The number of hydrogen-bond acceptors (Lipinski definition) is 3. The van der Waals surface area contributed by atoms with Gasteiger partial charge >= 0.3 is 0 Å². The van der Waals surface area contributed by atoms with Crippen molar-refractivity contribution in [2.24, 2.45) is 11.7 Å². The Morgan fingerprint density at radius 2 is 1.51 bits per heavy atom. The van der Waals surface area contributed by atoms with E-state index in [1.54, 1.807) is 0 Å². The van der Waals surface area contributed by atoms with Gasteiger partial charge in [0.25, 0.3) is 0 Å². The summed E-state index contributed by atoms with van der Waals surface area (Å²) >= 11 is 0. The molecule has 35 heavy (non-hydrogen) atoms. The fourth-order valence-electron chi connectivity index (χ4n) is 6.12. The lowest BCUT2D eigenvalue weighted by Crippen LogP contribution is -2.47. The van der Waals surface area contributed by atoms with Crippen LogP contribution in [-0.2, 0) is 9.59 Å². The highest BCUT2D eigenvalue weighted by Crippen LogP contribution is 2.37. The largest absolute Gasteiger partial charge is 0.354 e. The first-order valence-electron chi connectivity index (χ1n) is 13.3. The second-order valence-electron chi connectivity index (χ2n) is 10.5. The fourth-order valence-corrected chi connectivity index (χ4v) is 6.12. The molecule has 5 heteroatoms. The van der Waals surface area contributed by atoms with Crippen LogP contribution < -0.4 is 11.1 Å². The van der Waals surface area contributed by atoms with Gasteiger partial charge in [-0.2, -0.15) is 0 Å². The number of rotatable bonds is 6. The van der Waals surface area contributed by atoms with E-state index in [1.807, 2.05) is 4.90 Å². The van der Waals surface area contributed by atoms with Gasteiger partial charge in [-0.15, -0.1) is 0 Å². The van der Waals surface area contributed by atoms with Crippen molar-refractivity contribution in [3.63, 3.8) is 0 Å². The zero-order valence-corrected chi connectivity index (χ0v) is 20.5. The third-order valence-corrected chi connectivity index (χ3v) is 8.16. The topological polar surface area (TPSA) is 75.4 Å². The van der Waals surface area contributed by atoms with Crippen LogP contribution >= 0.6 is 0 Å². The minimum atomic E-state index is -0.330. The molecule has 1 saturated carbocycles. The summed E-state index contributed by atoms with van der Waals surface area (Å²) in [6, 6.07) is 16.9. The molecule has 0 unspecified atom stereocenters. The first-order valence-corrected chi connectivity index (χ1v) is 13.3. The molecule has 5 nitrogen and oxygen atoms in total. The van der Waals surface area contributed by atoms with E-state index in [0.717, 1.165) is 44.9 Å². The lowest BCUT2D eigenvalue weighted by molar-refractivity contribution is -0.138. The number of nitrogens with one attached hydrogen (secondary N) is 1. The third-order valence-electron chi connectivity index (χ3n) is 8.16. The van der Waals surface area contributed by atoms with Gasteiger partial charge in [-0.3, -0.25) is 9.59 Å². The predicted molar refractivity (Wildman–Crippen MR) is 141 cm³/mol. The maximum Gasteiger partial charge on any atom is 0.242 e. The maximum absolute atomic E-state index is 13.4. The van der Waals surface area contributed by atoms with E-state index < -0.39 is 0 Å². The number of hydrogen-bond donors (Lipinski definition) is 2. The lowest BCUT2D eigenvalue weighted by Gasteiger charge is -2.28. The van der Waals surface area contributed by atoms with Crippen molar-refractivity contribution < 1.29 is 9.59 Å². The Morgan fingerprint density at radius 3 is 2.17 bits per heavy atom. The highest BCUT2D eigenvalue weighted by atomic mass is 16.2. The van der Waals surface area contributed by atoms with Crippen LogP contribution in [-0.4, -0.2) is 41.9 Å². The Bertz CT molecular complexity index is 1040.